The van der Waals surface area contributed by atoms with Gasteiger partial charge in [-0.1, -0.05) is 12.7 Å². The van der Waals surface area contributed by atoms with E-state index in [-0.39, 0.29) is 18.3 Å². The highest BCUT2D eigenvalue weighted by molar-refractivity contribution is 6.03. The number of carbonyl (C=O) groups is 3. The number of amides is 1. The molecule has 2 N–H and O–H groups in total. The Morgan fingerprint density at radius 1 is 1.29 bits per heavy atom. The Morgan fingerprint density at radius 2 is 2.00 bits per heavy atom. The largest absolute Gasteiger partial charge is 0.469 e. The molecule has 1 aromatic rings. The average molecular weight is 328 g/mol. The van der Waals surface area contributed by atoms with Crippen LogP contribution in [0.2, 0.25) is 0 Å². The number of carbonyl (C=O) groups excluding carboxylic acids is 3. The Bertz CT molecular complexity index is 781. The quantitative estimate of drug-likeness (QED) is 0.619. The average Bonchev–Trinajstić information content (AvgIpc) is 3.02. The smallest absolute Gasteiger partial charge is 0.305 e. The van der Waals surface area contributed by atoms with E-state index >= 15 is 0 Å². The molecule has 6 heteroatoms. The third-order valence-corrected chi connectivity index (χ3v) is 4.17. The number of nitrogens with one attached hydrogen (secondary N) is 2. The lowest BCUT2D eigenvalue weighted by Crippen LogP contribution is -2.15. The molecule has 1 aromatic heterocycles. The van der Waals surface area contributed by atoms with E-state index < -0.39 is 0 Å². The zero-order valence-electron chi connectivity index (χ0n) is 14.0. The summed E-state index contributed by atoms with van der Waals surface area (Å²) in [4.78, 5) is 37.5. The van der Waals surface area contributed by atoms with E-state index in [0.29, 0.717) is 23.4 Å². The molecule has 0 bridgehead atoms. The molecule has 1 aliphatic heterocycles. The summed E-state index contributed by atoms with van der Waals surface area (Å²) in [5.74, 6) is -0.524. The molecule has 2 rings (SSSR count). The first-order valence-corrected chi connectivity index (χ1v) is 7.53. The van der Waals surface area contributed by atoms with Gasteiger partial charge in [0.2, 0.25) is 0 Å². The lowest BCUT2D eigenvalue weighted by atomic mass is 10.0. The number of aldehydes is 1. The van der Waals surface area contributed by atoms with Crippen molar-refractivity contribution < 1.29 is 19.1 Å². The van der Waals surface area contributed by atoms with Crippen LogP contribution in [0, 0.1) is 6.92 Å². The SMILES string of the molecule is C=CC1=C(C)/C(=C/c2[nH]c(C=O)c(CCC(=O)OC)c2C)NC1=O. The number of ether oxygens (including phenoxy) is 1. The summed E-state index contributed by atoms with van der Waals surface area (Å²) in [6.45, 7) is 7.34. The number of esters is 1. The van der Waals surface area contributed by atoms with Crippen LogP contribution in [0.25, 0.3) is 6.08 Å². The van der Waals surface area contributed by atoms with Crippen molar-refractivity contribution in [1.29, 1.82) is 0 Å². The van der Waals surface area contributed by atoms with E-state index in [1.807, 2.05) is 13.8 Å². The molecule has 0 spiro atoms. The maximum absolute atomic E-state index is 11.8. The summed E-state index contributed by atoms with van der Waals surface area (Å²) in [5, 5.41) is 2.78. The zero-order chi connectivity index (χ0) is 17.9. The summed E-state index contributed by atoms with van der Waals surface area (Å²) in [6, 6.07) is 0. The molecule has 1 amide bonds. The Morgan fingerprint density at radius 3 is 2.54 bits per heavy atom. The molecule has 0 aromatic carbocycles. The summed E-state index contributed by atoms with van der Waals surface area (Å²) >= 11 is 0. The van der Waals surface area contributed by atoms with Gasteiger partial charge >= 0.3 is 5.97 Å². The van der Waals surface area contributed by atoms with Crippen LogP contribution in [0.4, 0.5) is 0 Å². The number of aromatic amines is 1. The second-order valence-corrected chi connectivity index (χ2v) is 5.50. The summed E-state index contributed by atoms with van der Waals surface area (Å²) < 4.78 is 4.64. The maximum Gasteiger partial charge on any atom is 0.305 e. The van der Waals surface area contributed by atoms with Crippen molar-refractivity contribution in [3.63, 3.8) is 0 Å². The van der Waals surface area contributed by atoms with Gasteiger partial charge in [-0.25, -0.2) is 0 Å². The van der Waals surface area contributed by atoms with E-state index in [2.05, 4.69) is 21.6 Å². The van der Waals surface area contributed by atoms with Gasteiger partial charge in [-0.3, -0.25) is 14.4 Å². The number of rotatable bonds is 6. The fourth-order valence-electron chi connectivity index (χ4n) is 2.71. The van der Waals surface area contributed by atoms with E-state index in [1.54, 1.807) is 6.08 Å². The third kappa shape index (κ3) is 3.22. The monoisotopic (exact) mass is 328 g/mol. The molecule has 0 saturated heterocycles. The Balaban J connectivity index is 2.37. The molecule has 0 radical (unpaired) electrons. The van der Waals surface area contributed by atoms with Gasteiger partial charge in [-0.05, 0) is 43.0 Å². The minimum Gasteiger partial charge on any atom is -0.469 e. The summed E-state index contributed by atoms with van der Waals surface area (Å²) in [5.41, 5.74) is 4.78. The van der Waals surface area contributed by atoms with E-state index in [0.717, 1.165) is 28.7 Å². The summed E-state index contributed by atoms with van der Waals surface area (Å²) in [7, 11) is 1.33. The van der Waals surface area contributed by atoms with Crippen molar-refractivity contribution in [2.45, 2.75) is 26.7 Å². The molecular weight excluding hydrogens is 308 g/mol. The number of allylic oxidation sites excluding steroid dienone is 1. The second-order valence-electron chi connectivity index (χ2n) is 5.50. The first kappa shape index (κ1) is 17.5. The minimum absolute atomic E-state index is 0.195. The number of H-pyrrole nitrogens is 1. The molecule has 0 aliphatic carbocycles. The minimum atomic E-state index is -0.329. The van der Waals surface area contributed by atoms with Crippen molar-refractivity contribution in [3.05, 3.63) is 52.0 Å². The Kier molecular flexibility index (Phi) is 5.18. The fourth-order valence-corrected chi connectivity index (χ4v) is 2.71. The van der Waals surface area contributed by atoms with Crippen LogP contribution in [0.1, 0.15) is 40.7 Å². The Hall–Kier alpha value is -2.89. The third-order valence-electron chi connectivity index (χ3n) is 4.17. The van der Waals surface area contributed by atoms with Crippen LogP contribution < -0.4 is 5.32 Å². The highest BCUT2D eigenvalue weighted by Gasteiger charge is 2.22. The van der Waals surface area contributed by atoms with Crippen molar-refractivity contribution in [3.8, 4) is 0 Å². The predicted octanol–water partition coefficient (Wildman–Crippen LogP) is 2.21. The Labute approximate surface area is 140 Å². The topological polar surface area (TPSA) is 88.3 Å². The molecule has 0 unspecified atom stereocenters. The lowest BCUT2D eigenvalue weighted by Gasteiger charge is -2.02. The standard InChI is InChI=1S/C18H20N2O4/c1-5-12-10(2)15(20-18(12)23)8-14-11(3)13(16(9-21)19-14)6-7-17(22)24-4/h5,8-9,19H,1,6-7H2,2-4H3,(H,20,23)/b15-8-. The molecule has 6 nitrogen and oxygen atoms in total. The van der Waals surface area contributed by atoms with Crippen molar-refractivity contribution in [2.24, 2.45) is 0 Å². The van der Waals surface area contributed by atoms with Crippen LogP contribution in [0.15, 0.2) is 29.5 Å². The van der Waals surface area contributed by atoms with Gasteiger partial charge in [0.05, 0.1) is 12.8 Å². The molecule has 2 heterocycles. The van der Waals surface area contributed by atoms with E-state index in [9.17, 15) is 14.4 Å². The molecule has 1 aliphatic rings. The number of aromatic nitrogens is 1. The number of hydrogen-bond acceptors (Lipinski definition) is 4. The first-order chi connectivity index (χ1) is 11.4. The van der Waals surface area contributed by atoms with Crippen LogP contribution in [-0.4, -0.2) is 30.3 Å². The molecule has 24 heavy (non-hydrogen) atoms. The maximum atomic E-state index is 11.8. The van der Waals surface area contributed by atoms with Gasteiger partial charge in [0.1, 0.15) is 0 Å². The highest BCUT2D eigenvalue weighted by atomic mass is 16.5. The first-order valence-electron chi connectivity index (χ1n) is 7.53. The molecule has 126 valence electrons. The van der Waals surface area contributed by atoms with E-state index in [4.69, 9.17) is 0 Å². The molecular formula is C18H20N2O4. The van der Waals surface area contributed by atoms with Crippen molar-refractivity contribution >= 4 is 24.2 Å². The lowest BCUT2D eigenvalue weighted by molar-refractivity contribution is -0.140. The van der Waals surface area contributed by atoms with Crippen LogP contribution in [-0.2, 0) is 20.7 Å². The zero-order valence-corrected chi connectivity index (χ0v) is 14.0. The predicted molar refractivity (Wildman–Crippen MR) is 90.3 cm³/mol. The van der Waals surface area contributed by atoms with Gasteiger partial charge < -0.3 is 15.0 Å². The number of hydrogen-bond donors (Lipinski definition) is 2. The summed E-state index contributed by atoms with van der Waals surface area (Å²) in [6.07, 6.45) is 4.64. The van der Waals surface area contributed by atoms with Crippen molar-refractivity contribution in [1.82, 2.24) is 10.3 Å². The van der Waals surface area contributed by atoms with Crippen LogP contribution in [0.3, 0.4) is 0 Å². The van der Waals surface area contributed by atoms with Gasteiger partial charge in [0, 0.05) is 23.4 Å². The van der Waals surface area contributed by atoms with Gasteiger partial charge in [0.25, 0.3) is 5.91 Å². The van der Waals surface area contributed by atoms with Gasteiger partial charge in [-0.15, -0.1) is 0 Å². The fraction of sp³-hybridized carbons (Fsp3) is 0.278. The van der Waals surface area contributed by atoms with Gasteiger partial charge in [0.15, 0.2) is 6.29 Å². The molecule has 0 atom stereocenters. The molecule has 0 saturated carbocycles. The van der Waals surface area contributed by atoms with E-state index in [1.165, 1.54) is 13.2 Å². The number of methoxy groups -OCH3 is 1. The normalized spacial score (nSPS) is 15.6. The molecule has 0 fully saturated rings. The highest BCUT2D eigenvalue weighted by Crippen LogP contribution is 2.26. The van der Waals surface area contributed by atoms with Crippen LogP contribution >= 0.6 is 0 Å². The van der Waals surface area contributed by atoms with Crippen LogP contribution in [0.5, 0.6) is 0 Å². The van der Waals surface area contributed by atoms with Gasteiger partial charge in [-0.2, -0.15) is 0 Å². The second kappa shape index (κ2) is 7.12. The van der Waals surface area contributed by atoms with Crippen molar-refractivity contribution in [2.75, 3.05) is 7.11 Å².